The van der Waals surface area contributed by atoms with Gasteiger partial charge in [0.2, 0.25) is 5.90 Å². The Bertz CT molecular complexity index is 1220. The molecule has 7 heteroatoms. The predicted molar refractivity (Wildman–Crippen MR) is 128 cm³/mol. The summed E-state index contributed by atoms with van der Waals surface area (Å²) in [5, 5.41) is 0. The molecule has 0 radical (unpaired) electrons. The molecule has 0 unspecified atom stereocenters. The van der Waals surface area contributed by atoms with Crippen molar-refractivity contribution in [2.45, 2.75) is 13.5 Å². The second kappa shape index (κ2) is 9.52. The maximum absolute atomic E-state index is 13.1. The first-order valence-corrected chi connectivity index (χ1v) is 10.8. The van der Waals surface area contributed by atoms with Gasteiger partial charge in [-0.25, -0.2) is 14.2 Å². The Balaban J connectivity index is 1.58. The second-order valence-electron chi connectivity index (χ2n) is 7.15. The van der Waals surface area contributed by atoms with E-state index in [9.17, 15) is 9.18 Å². The largest absolute Gasteiger partial charge is 0.493 e. The molecule has 1 aliphatic rings. The van der Waals surface area contributed by atoms with Crippen LogP contribution in [-0.4, -0.2) is 19.0 Å². The SMILES string of the molecule is COc1cc(/C=C2\N=C(c3ccc(C)cc3)OC2=O)cc(I)c1OCc1ccc(F)cc1. The standard InChI is InChI=1S/C25H19FINO4/c1-15-3-7-18(8-4-15)24-28-21(25(29)32-24)12-17-11-20(27)23(22(13-17)30-2)31-14-16-5-9-19(26)10-6-16/h3-13H,14H2,1-2H3/b21-12-. The second-order valence-corrected chi connectivity index (χ2v) is 8.31. The van der Waals surface area contributed by atoms with Gasteiger partial charge in [-0.3, -0.25) is 0 Å². The molecule has 162 valence electrons. The van der Waals surface area contributed by atoms with Gasteiger partial charge in [0, 0.05) is 5.56 Å². The minimum Gasteiger partial charge on any atom is -0.493 e. The Morgan fingerprint density at radius 2 is 1.81 bits per heavy atom. The highest BCUT2D eigenvalue weighted by Gasteiger charge is 2.24. The first-order chi connectivity index (χ1) is 15.4. The summed E-state index contributed by atoms with van der Waals surface area (Å²) in [5.74, 6) is 0.558. The van der Waals surface area contributed by atoms with Crippen LogP contribution in [0.25, 0.3) is 6.08 Å². The van der Waals surface area contributed by atoms with Gasteiger partial charge in [0.15, 0.2) is 17.2 Å². The van der Waals surface area contributed by atoms with E-state index in [1.54, 1.807) is 31.4 Å². The van der Waals surface area contributed by atoms with Crippen molar-refractivity contribution in [3.8, 4) is 11.5 Å². The van der Waals surface area contributed by atoms with Crippen LogP contribution in [0.15, 0.2) is 71.4 Å². The zero-order valence-electron chi connectivity index (χ0n) is 17.4. The molecule has 1 aliphatic heterocycles. The van der Waals surface area contributed by atoms with Crippen LogP contribution in [-0.2, 0) is 16.1 Å². The molecule has 0 fully saturated rings. The van der Waals surface area contributed by atoms with Gasteiger partial charge in [-0.15, -0.1) is 0 Å². The molecule has 3 aromatic rings. The van der Waals surface area contributed by atoms with E-state index in [-0.39, 0.29) is 24.0 Å². The van der Waals surface area contributed by atoms with Gasteiger partial charge in [0.05, 0.1) is 10.7 Å². The molecule has 3 aromatic carbocycles. The van der Waals surface area contributed by atoms with E-state index in [1.165, 1.54) is 12.1 Å². The molecule has 0 bridgehead atoms. The number of carbonyl (C=O) groups is 1. The molecule has 0 aromatic heterocycles. The minimum atomic E-state index is -0.508. The van der Waals surface area contributed by atoms with Crippen molar-refractivity contribution < 1.29 is 23.4 Å². The van der Waals surface area contributed by atoms with Gasteiger partial charge >= 0.3 is 5.97 Å². The monoisotopic (exact) mass is 543 g/mol. The number of halogens is 2. The number of hydrogen-bond acceptors (Lipinski definition) is 5. The molecule has 4 rings (SSSR count). The van der Waals surface area contributed by atoms with Crippen molar-refractivity contribution in [1.82, 2.24) is 0 Å². The number of carbonyl (C=O) groups excluding carboxylic acids is 1. The number of cyclic esters (lactones) is 1. The van der Waals surface area contributed by atoms with Crippen LogP contribution < -0.4 is 9.47 Å². The molecular formula is C25H19FINO4. The number of benzene rings is 3. The Morgan fingerprint density at radius 1 is 1.09 bits per heavy atom. The van der Waals surface area contributed by atoms with Gasteiger partial charge in [0.1, 0.15) is 12.4 Å². The van der Waals surface area contributed by atoms with Crippen molar-refractivity contribution >= 4 is 40.5 Å². The van der Waals surface area contributed by atoms with Gasteiger partial charge in [-0.05, 0) is 83.1 Å². The number of aryl methyl sites for hydroxylation is 1. The maximum Gasteiger partial charge on any atom is 0.363 e. The van der Waals surface area contributed by atoms with Crippen molar-refractivity contribution in [3.63, 3.8) is 0 Å². The summed E-state index contributed by atoms with van der Waals surface area (Å²) in [4.78, 5) is 16.7. The van der Waals surface area contributed by atoms with E-state index in [1.807, 2.05) is 37.3 Å². The molecule has 0 aliphatic carbocycles. The highest BCUT2D eigenvalue weighted by molar-refractivity contribution is 14.1. The molecule has 0 N–H and O–H groups in total. The number of esters is 1. The fourth-order valence-electron chi connectivity index (χ4n) is 3.09. The summed E-state index contributed by atoms with van der Waals surface area (Å²) < 4.78 is 30.6. The maximum atomic E-state index is 13.1. The molecule has 0 amide bonds. The first-order valence-electron chi connectivity index (χ1n) is 9.77. The molecule has 0 saturated heterocycles. The first kappa shape index (κ1) is 22.0. The summed E-state index contributed by atoms with van der Waals surface area (Å²) in [6, 6.07) is 17.4. The number of ether oxygens (including phenoxy) is 3. The summed E-state index contributed by atoms with van der Waals surface area (Å²) in [6.45, 7) is 2.25. The Hall–Kier alpha value is -3.20. The molecule has 0 saturated carbocycles. The molecular weight excluding hydrogens is 524 g/mol. The summed E-state index contributed by atoms with van der Waals surface area (Å²) >= 11 is 2.15. The number of hydrogen-bond donors (Lipinski definition) is 0. The Kier molecular flexibility index (Phi) is 6.55. The van der Waals surface area contributed by atoms with E-state index < -0.39 is 5.97 Å². The normalized spacial score (nSPS) is 14.3. The lowest BCUT2D eigenvalue weighted by Gasteiger charge is -2.14. The molecule has 0 atom stereocenters. The van der Waals surface area contributed by atoms with Crippen LogP contribution in [0.4, 0.5) is 4.39 Å². The van der Waals surface area contributed by atoms with Gasteiger partial charge in [-0.2, -0.15) is 0 Å². The van der Waals surface area contributed by atoms with Crippen LogP contribution in [0, 0.1) is 16.3 Å². The van der Waals surface area contributed by atoms with Crippen LogP contribution in [0.5, 0.6) is 11.5 Å². The van der Waals surface area contributed by atoms with Crippen LogP contribution in [0.3, 0.4) is 0 Å². The summed E-state index contributed by atoms with van der Waals surface area (Å²) in [7, 11) is 1.55. The third-order valence-electron chi connectivity index (χ3n) is 4.77. The van der Waals surface area contributed by atoms with Crippen molar-refractivity contribution in [3.05, 3.63) is 98.0 Å². The third kappa shape index (κ3) is 4.99. The van der Waals surface area contributed by atoms with Crippen molar-refractivity contribution in [2.24, 2.45) is 4.99 Å². The molecule has 5 nitrogen and oxygen atoms in total. The minimum absolute atomic E-state index is 0.207. The lowest BCUT2D eigenvalue weighted by Crippen LogP contribution is -2.05. The van der Waals surface area contributed by atoms with Gasteiger partial charge < -0.3 is 14.2 Å². The molecule has 0 spiro atoms. The van der Waals surface area contributed by atoms with E-state index in [0.717, 1.165) is 25.8 Å². The lowest BCUT2D eigenvalue weighted by atomic mass is 10.1. The number of aliphatic imine (C=N–C) groups is 1. The molecule has 32 heavy (non-hydrogen) atoms. The van der Waals surface area contributed by atoms with Gasteiger partial charge in [0.25, 0.3) is 0 Å². The lowest BCUT2D eigenvalue weighted by molar-refractivity contribution is -0.129. The van der Waals surface area contributed by atoms with E-state index >= 15 is 0 Å². The summed E-state index contributed by atoms with van der Waals surface area (Å²) in [5.41, 5.74) is 3.61. The summed E-state index contributed by atoms with van der Waals surface area (Å²) in [6.07, 6.45) is 1.65. The average molecular weight is 543 g/mol. The Morgan fingerprint density at radius 3 is 2.50 bits per heavy atom. The van der Waals surface area contributed by atoms with Gasteiger partial charge in [-0.1, -0.05) is 29.8 Å². The van der Waals surface area contributed by atoms with Crippen LogP contribution in [0.2, 0.25) is 0 Å². The Labute approximate surface area is 198 Å². The highest BCUT2D eigenvalue weighted by Crippen LogP contribution is 2.35. The third-order valence-corrected chi connectivity index (χ3v) is 5.57. The zero-order chi connectivity index (χ0) is 22.7. The van der Waals surface area contributed by atoms with Crippen molar-refractivity contribution in [2.75, 3.05) is 7.11 Å². The number of rotatable bonds is 6. The molecule has 1 heterocycles. The smallest absolute Gasteiger partial charge is 0.363 e. The zero-order valence-corrected chi connectivity index (χ0v) is 19.6. The van der Waals surface area contributed by atoms with E-state index in [0.29, 0.717) is 11.5 Å². The van der Waals surface area contributed by atoms with Crippen LogP contribution >= 0.6 is 22.6 Å². The number of nitrogens with zero attached hydrogens (tertiary/aromatic N) is 1. The average Bonchev–Trinajstić information content (AvgIpc) is 3.14. The fourth-order valence-corrected chi connectivity index (χ4v) is 3.87. The fraction of sp³-hybridized carbons (Fsp3) is 0.120. The van der Waals surface area contributed by atoms with Crippen LogP contribution in [0.1, 0.15) is 22.3 Å². The number of methoxy groups -OCH3 is 1. The van der Waals surface area contributed by atoms with E-state index in [4.69, 9.17) is 14.2 Å². The van der Waals surface area contributed by atoms with E-state index in [2.05, 4.69) is 27.6 Å². The predicted octanol–water partition coefficient (Wildman–Crippen LogP) is 5.67. The van der Waals surface area contributed by atoms with Crippen molar-refractivity contribution in [1.29, 1.82) is 0 Å². The highest BCUT2D eigenvalue weighted by atomic mass is 127. The quantitative estimate of drug-likeness (QED) is 0.229. The topological polar surface area (TPSA) is 57.1 Å².